The van der Waals surface area contributed by atoms with Crippen molar-refractivity contribution in [3.05, 3.63) is 70.3 Å². The summed E-state index contributed by atoms with van der Waals surface area (Å²) in [5.74, 6) is 0.898. The Morgan fingerprint density at radius 1 is 1.20 bits per heavy atom. The lowest BCUT2D eigenvalue weighted by Crippen LogP contribution is -2.44. The van der Waals surface area contributed by atoms with Crippen molar-refractivity contribution < 1.29 is 13.7 Å². The number of hydrogen-bond acceptors (Lipinski definition) is 4. The molecule has 1 amide bonds. The zero-order valence-electron chi connectivity index (χ0n) is 16.4. The van der Waals surface area contributed by atoms with Gasteiger partial charge in [-0.05, 0) is 67.6 Å². The molecule has 1 saturated heterocycles. The lowest BCUT2D eigenvalue weighted by Gasteiger charge is -2.34. The molecule has 3 aromatic rings. The maximum atomic E-state index is 13.4. The van der Waals surface area contributed by atoms with Crippen LogP contribution in [0, 0.1) is 5.82 Å². The first-order valence-electron chi connectivity index (χ1n) is 10.2. The Hall–Kier alpha value is -2.54. The second-order valence-electron chi connectivity index (χ2n) is 8.15. The molecule has 0 N–H and O–H groups in total. The summed E-state index contributed by atoms with van der Waals surface area (Å²) in [7, 11) is 0. The van der Waals surface area contributed by atoms with Gasteiger partial charge in [-0.1, -0.05) is 33.2 Å². The van der Waals surface area contributed by atoms with Gasteiger partial charge in [0.05, 0.1) is 11.3 Å². The maximum absolute atomic E-state index is 13.4. The van der Waals surface area contributed by atoms with Crippen LogP contribution in [0.25, 0.3) is 11.4 Å². The number of piperidine rings is 1. The summed E-state index contributed by atoms with van der Waals surface area (Å²) in [6.45, 7) is 1.34. The first kappa shape index (κ1) is 19.4. The fourth-order valence-electron chi connectivity index (χ4n) is 4.32. The summed E-state index contributed by atoms with van der Waals surface area (Å²) in [5.41, 5.74) is 1.40. The SMILES string of the molecule is O=C(N1CCC[C@@H](c2nc(-c3ccc(F)cc3)no2)C1)C1(c2cccc(Br)c2)CC1. The summed E-state index contributed by atoms with van der Waals surface area (Å²) >= 11 is 3.52. The van der Waals surface area contributed by atoms with E-state index in [0.717, 1.165) is 42.3 Å². The summed E-state index contributed by atoms with van der Waals surface area (Å²) < 4.78 is 19.7. The molecule has 1 atom stereocenters. The van der Waals surface area contributed by atoms with Crippen molar-refractivity contribution in [2.24, 2.45) is 0 Å². The number of hydrogen-bond donors (Lipinski definition) is 0. The maximum Gasteiger partial charge on any atom is 0.233 e. The number of aromatic nitrogens is 2. The van der Waals surface area contributed by atoms with E-state index < -0.39 is 0 Å². The molecule has 0 radical (unpaired) electrons. The van der Waals surface area contributed by atoms with E-state index in [0.29, 0.717) is 23.8 Å². The molecular weight excluding hydrogens is 449 g/mol. The minimum absolute atomic E-state index is 0.0164. The molecule has 5 nitrogen and oxygen atoms in total. The highest BCUT2D eigenvalue weighted by Gasteiger charge is 2.53. The number of rotatable bonds is 4. The van der Waals surface area contributed by atoms with E-state index in [1.807, 2.05) is 23.1 Å². The molecule has 154 valence electrons. The van der Waals surface area contributed by atoms with Crippen LogP contribution in [0.2, 0.25) is 0 Å². The molecule has 30 heavy (non-hydrogen) atoms. The predicted molar refractivity (Wildman–Crippen MR) is 113 cm³/mol. The standard InChI is InChI=1S/C23H21BrFN3O2/c24-18-5-1-4-17(13-18)23(10-11-23)22(29)28-12-2-3-16(14-28)21-26-20(27-30-21)15-6-8-19(25)9-7-15/h1,4-9,13,16H,2-3,10-12,14H2/t16-/m1/s1. The zero-order chi connectivity index (χ0) is 20.7. The van der Waals surface area contributed by atoms with E-state index in [-0.39, 0.29) is 23.1 Å². The van der Waals surface area contributed by atoms with E-state index in [1.165, 1.54) is 12.1 Å². The van der Waals surface area contributed by atoms with Crippen LogP contribution >= 0.6 is 15.9 Å². The minimum Gasteiger partial charge on any atom is -0.341 e. The highest BCUT2D eigenvalue weighted by atomic mass is 79.9. The van der Waals surface area contributed by atoms with Crippen LogP contribution in [-0.2, 0) is 10.2 Å². The third-order valence-electron chi connectivity index (χ3n) is 6.14. The van der Waals surface area contributed by atoms with Gasteiger partial charge < -0.3 is 9.42 Å². The van der Waals surface area contributed by atoms with Crippen molar-refractivity contribution in [1.82, 2.24) is 15.0 Å². The first-order chi connectivity index (χ1) is 14.5. The average Bonchev–Trinajstić information content (AvgIpc) is 3.44. The lowest BCUT2D eigenvalue weighted by atomic mass is 9.91. The summed E-state index contributed by atoms with van der Waals surface area (Å²) in [4.78, 5) is 19.9. The first-order valence-corrected chi connectivity index (χ1v) is 11.0. The van der Waals surface area contributed by atoms with Gasteiger partial charge in [-0.15, -0.1) is 0 Å². The van der Waals surface area contributed by atoms with Gasteiger partial charge in [0.2, 0.25) is 17.6 Å². The quantitative estimate of drug-likeness (QED) is 0.534. The molecular formula is C23H21BrFN3O2. The lowest BCUT2D eigenvalue weighted by molar-refractivity contribution is -0.135. The second-order valence-corrected chi connectivity index (χ2v) is 9.06. The number of amides is 1. The Bertz CT molecular complexity index is 1080. The van der Waals surface area contributed by atoms with Crippen LogP contribution in [0.3, 0.4) is 0 Å². The van der Waals surface area contributed by atoms with E-state index in [4.69, 9.17) is 4.52 Å². The van der Waals surface area contributed by atoms with Crippen molar-refractivity contribution in [2.45, 2.75) is 37.0 Å². The molecule has 2 aliphatic rings. The third kappa shape index (κ3) is 3.55. The van der Waals surface area contributed by atoms with E-state index in [2.05, 4.69) is 32.1 Å². The molecule has 0 bridgehead atoms. The molecule has 7 heteroatoms. The van der Waals surface area contributed by atoms with Gasteiger partial charge in [-0.2, -0.15) is 4.98 Å². The van der Waals surface area contributed by atoms with Gasteiger partial charge in [0, 0.05) is 23.1 Å². The molecule has 1 aliphatic carbocycles. The molecule has 2 fully saturated rings. The van der Waals surface area contributed by atoms with Crippen LogP contribution in [0.15, 0.2) is 57.5 Å². The molecule has 0 spiro atoms. The fourth-order valence-corrected chi connectivity index (χ4v) is 4.72. The number of nitrogens with zero attached hydrogens (tertiary/aromatic N) is 3. The molecule has 1 saturated carbocycles. The smallest absolute Gasteiger partial charge is 0.233 e. The van der Waals surface area contributed by atoms with Crippen molar-refractivity contribution in [1.29, 1.82) is 0 Å². The highest BCUT2D eigenvalue weighted by Crippen LogP contribution is 2.50. The second kappa shape index (κ2) is 7.61. The molecule has 5 rings (SSSR count). The predicted octanol–water partition coefficient (Wildman–Crippen LogP) is 5.08. The third-order valence-corrected chi connectivity index (χ3v) is 6.63. The Morgan fingerprint density at radius 2 is 2.00 bits per heavy atom. The summed E-state index contributed by atoms with van der Waals surface area (Å²) in [6.07, 6.45) is 3.58. The number of carbonyl (C=O) groups excluding carboxylic acids is 1. The van der Waals surface area contributed by atoms with Crippen LogP contribution in [0.1, 0.15) is 43.1 Å². The number of benzene rings is 2. The van der Waals surface area contributed by atoms with Crippen LogP contribution in [-0.4, -0.2) is 34.0 Å². The van der Waals surface area contributed by atoms with E-state index >= 15 is 0 Å². The topological polar surface area (TPSA) is 59.2 Å². The molecule has 2 heterocycles. The van der Waals surface area contributed by atoms with Crippen LogP contribution < -0.4 is 0 Å². The Labute approximate surface area is 182 Å². The molecule has 1 aliphatic heterocycles. The van der Waals surface area contributed by atoms with Gasteiger partial charge in [0.25, 0.3) is 0 Å². The van der Waals surface area contributed by atoms with Gasteiger partial charge in [0.15, 0.2) is 0 Å². The van der Waals surface area contributed by atoms with Crippen molar-refractivity contribution in [3.8, 4) is 11.4 Å². The van der Waals surface area contributed by atoms with Gasteiger partial charge in [-0.25, -0.2) is 4.39 Å². The van der Waals surface area contributed by atoms with Gasteiger partial charge in [0.1, 0.15) is 5.82 Å². The summed E-state index contributed by atoms with van der Waals surface area (Å²) in [6, 6.07) is 14.1. The molecule has 0 unspecified atom stereocenters. The molecule has 2 aromatic carbocycles. The zero-order valence-corrected chi connectivity index (χ0v) is 17.9. The summed E-state index contributed by atoms with van der Waals surface area (Å²) in [5, 5.41) is 4.06. The van der Waals surface area contributed by atoms with Crippen molar-refractivity contribution in [2.75, 3.05) is 13.1 Å². The monoisotopic (exact) mass is 469 g/mol. The van der Waals surface area contributed by atoms with Crippen molar-refractivity contribution in [3.63, 3.8) is 0 Å². The fraction of sp³-hybridized carbons (Fsp3) is 0.348. The number of carbonyl (C=O) groups is 1. The Morgan fingerprint density at radius 3 is 2.73 bits per heavy atom. The highest BCUT2D eigenvalue weighted by molar-refractivity contribution is 9.10. The van der Waals surface area contributed by atoms with Gasteiger partial charge in [-0.3, -0.25) is 4.79 Å². The van der Waals surface area contributed by atoms with Crippen LogP contribution in [0.4, 0.5) is 4.39 Å². The largest absolute Gasteiger partial charge is 0.341 e. The number of halogens is 2. The van der Waals surface area contributed by atoms with Crippen LogP contribution in [0.5, 0.6) is 0 Å². The number of likely N-dealkylation sites (tertiary alicyclic amines) is 1. The van der Waals surface area contributed by atoms with Crippen molar-refractivity contribution >= 4 is 21.8 Å². The Kier molecular flexibility index (Phi) is 4.93. The normalized spacial score (nSPS) is 20.2. The van der Waals surface area contributed by atoms with E-state index in [9.17, 15) is 9.18 Å². The average molecular weight is 470 g/mol. The molecule has 1 aromatic heterocycles. The van der Waals surface area contributed by atoms with E-state index in [1.54, 1.807) is 12.1 Å². The van der Waals surface area contributed by atoms with Gasteiger partial charge >= 0.3 is 0 Å². The minimum atomic E-state index is -0.389. The Balaban J connectivity index is 1.33.